The van der Waals surface area contributed by atoms with Gasteiger partial charge in [-0.1, -0.05) is 6.08 Å². The van der Waals surface area contributed by atoms with Gasteiger partial charge in [-0.15, -0.1) is 6.58 Å². The Labute approximate surface area is 243 Å². The van der Waals surface area contributed by atoms with Crippen molar-refractivity contribution in [2.24, 2.45) is 5.73 Å². The summed E-state index contributed by atoms with van der Waals surface area (Å²) in [4.78, 5) is 77.8. The molecule has 0 fully saturated rings. The predicted octanol–water partition coefficient (Wildman–Crippen LogP) is 0.529. The molecule has 0 spiro atoms. The fraction of sp³-hybridized carbons (Fsp3) is 0.308. The zero-order chi connectivity index (χ0) is 30.8. The SMILES string of the molecule is C=CCSCC(C(=O)OC)N(C(=O)c1ccc(NCc2cnc3nc(N)[nH]c(=O)c3n2)cc1)C(CCC(N)=O)C(=O)O. The van der Waals surface area contributed by atoms with Crippen LogP contribution in [0.25, 0.3) is 11.2 Å². The fourth-order valence-corrected chi connectivity index (χ4v) is 4.77. The molecule has 15 nitrogen and oxygen atoms in total. The Hall–Kier alpha value is -4.99. The fourth-order valence-electron chi connectivity index (χ4n) is 3.95. The molecular formula is C26H30N8O7S. The standard InChI is InChI=1S/C26H30N8O7S/c1-3-10-42-13-18(25(40)41-2)34(17(24(38)39)8-9-19(27)35)23(37)14-4-6-15(7-5-14)29-11-16-12-30-21-20(31-16)22(36)33-26(28)32-21/h3-7,12,17-18,29H,1,8-11,13H2,2H3,(H2,27,35)(H,38,39)(H3,28,30,32,33,36). The highest BCUT2D eigenvalue weighted by Crippen LogP contribution is 2.22. The molecule has 0 aliphatic carbocycles. The predicted molar refractivity (Wildman–Crippen MR) is 155 cm³/mol. The number of thioether (sulfide) groups is 1. The van der Waals surface area contributed by atoms with E-state index in [-0.39, 0.29) is 47.8 Å². The van der Waals surface area contributed by atoms with Crippen molar-refractivity contribution >= 4 is 58.3 Å². The molecule has 0 bridgehead atoms. The first-order chi connectivity index (χ1) is 20.0. The molecule has 42 heavy (non-hydrogen) atoms. The number of aromatic nitrogens is 4. The number of rotatable bonds is 15. The highest BCUT2D eigenvalue weighted by atomic mass is 32.2. The molecule has 0 saturated carbocycles. The van der Waals surface area contributed by atoms with Crippen LogP contribution in [-0.4, -0.2) is 84.4 Å². The highest BCUT2D eigenvalue weighted by molar-refractivity contribution is 7.99. The van der Waals surface area contributed by atoms with Crippen molar-refractivity contribution in [1.82, 2.24) is 24.8 Å². The average molecular weight is 599 g/mol. The number of H-pyrrole nitrogens is 1. The minimum Gasteiger partial charge on any atom is -0.480 e. The van der Waals surface area contributed by atoms with Crippen molar-refractivity contribution in [1.29, 1.82) is 0 Å². The first-order valence-corrected chi connectivity index (χ1v) is 13.7. The summed E-state index contributed by atoms with van der Waals surface area (Å²) in [5.41, 5.74) is 11.5. The summed E-state index contributed by atoms with van der Waals surface area (Å²) in [7, 11) is 1.14. The van der Waals surface area contributed by atoms with Gasteiger partial charge < -0.3 is 31.5 Å². The van der Waals surface area contributed by atoms with Crippen molar-refractivity contribution in [2.45, 2.75) is 31.5 Å². The normalized spacial score (nSPS) is 12.2. The van der Waals surface area contributed by atoms with Crippen LogP contribution < -0.4 is 22.3 Å². The van der Waals surface area contributed by atoms with Crippen LogP contribution in [-0.2, 0) is 25.7 Å². The number of carbonyl (C=O) groups excluding carboxylic acids is 3. The number of hydrogen-bond donors (Lipinski definition) is 5. The van der Waals surface area contributed by atoms with E-state index in [2.05, 4.69) is 31.8 Å². The number of benzene rings is 1. The smallest absolute Gasteiger partial charge is 0.329 e. The van der Waals surface area contributed by atoms with E-state index in [1.54, 1.807) is 18.2 Å². The molecule has 0 radical (unpaired) electrons. The Kier molecular flexibility index (Phi) is 11.0. The van der Waals surface area contributed by atoms with Crippen molar-refractivity contribution < 1.29 is 29.0 Å². The summed E-state index contributed by atoms with van der Waals surface area (Å²) < 4.78 is 4.89. The minimum absolute atomic E-state index is 0.0280. The number of fused-ring (bicyclic) bond motifs is 1. The molecule has 2 aromatic heterocycles. The van der Waals surface area contributed by atoms with Crippen molar-refractivity contribution in [3.05, 3.63) is 64.7 Å². The third-order valence-electron chi connectivity index (χ3n) is 5.93. The lowest BCUT2D eigenvalue weighted by Gasteiger charge is -2.34. The van der Waals surface area contributed by atoms with Crippen LogP contribution in [0.5, 0.6) is 0 Å². The first-order valence-electron chi connectivity index (χ1n) is 12.5. The third kappa shape index (κ3) is 8.03. The van der Waals surface area contributed by atoms with Crippen LogP contribution in [0, 0.1) is 0 Å². The maximum absolute atomic E-state index is 13.7. The lowest BCUT2D eigenvalue weighted by molar-refractivity contribution is -0.150. The lowest BCUT2D eigenvalue weighted by atomic mass is 10.0. The molecular weight excluding hydrogens is 568 g/mol. The molecule has 3 rings (SSSR count). The van der Waals surface area contributed by atoms with E-state index in [0.29, 0.717) is 17.1 Å². The maximum Gasteiger partial charge on any atom is 0.329 e. The van der Waals surface area contributed by atoms with Gasteiger partial charge in [0.1, 0.15) is 12.1 Å². The van der Waals surface area contributed by atoms with Crippen molar-refractivity contribution in [3.63, 3.8) is 0 Å². The number of carboxylic acid groups (broad SMARTS) is 1. The van der Waals surface area contributed by atoms with Gasteiger partial charge in [0.2, 0.25) is 11.9 Å². The molecule has 3 aromatic rings. The Morgan fingerprint density at radius 1 is 1.21 bits per heavy atom. The number of methoxy groups -OCH3 is 1. The molecule has 222 valence electrons. The number of nitrogens with zero attached hydrogens (tertiary/aromatic N) is 4. The summed E-state index contributed by atoms with van der Waals surface area (Å²) in [5.74, 6) is -3.31. The van der Waals surface area contributed by atoms with Crippen LogP contribution >= 0.6 is 11.8 Å². The average Bonchev–Trinajstić information content (AvgIpc) is 2.96. The van der Waals surface area contributed by atoms with Gasteiger partial charge in [0.25, 0.3) is 11.5 Å². The largest absolute Gasteiger partial charge is 0.480 e. The summed E-state index contributed by atoms with van der Waals surface area (Å²) in [5, 5.41) is 13.1. The van der Waals surface area contributed by atoms with E-state index >= 15 is 0 Å². The number of anilines is 2. The zero-order valence-corrected chi connectivity index (χ0v) is 23.4. The van der Waals surface area contributed by atoms with Crippen molar-refractivity contribution in [3.8, 4) is 0 Å². The maximum atomic E-state index is 13.7. The molecule has 2 amide bonds. The summed E-state index contributed by atoms with van der Waals surface area (Å²) in [6, 6.07) is 3.27. The van der Waals surface area contributed by atoms with E-state index < -0.39 is 41.4 Å². The van der Waals surface area contributed by atoms with Gasteiger partial charge in [-0.25, -0.2) is 19.6 Å². The van der Waals surface area contributed by atoms with Crippen LogP contribution in [0.15, 0.2) is 47.9 Å². The number of nitrogens with two attached hydrogens (primary N) is 2. The molecule has 2 atom stereocenters. The summed E-state index contributed by atoms with van der Waals surface area (Å²) in [6.45, 7) is 3.80. The van der Waals surface area contributed by atoms with E-state index in [0.717, 1.165) is 12.0 Å². The number of nitrogens with one attached hydrogen (secondary N) is 2. The zero-order valence-electron chi connectivity index (χ0n) is 22.6. The Morgan fingerprint density at radius 2 is 1.93 bits per heavy atom. The second kappa shape index (κ2) is 14.6. The molecule has 7 N–H and O–H groups in total. The number of carbonyl (C=O) groups is 4. The van der Waals surface area contributed by atoms with Gasteiger partial charge in [-0.05, 0) is 30.7 Å². The molecule has 0 saturated heterocycles. The number of aromatic amines is 1. The van der Waals surface area contributed by atoms with Gasteiger partial charge in [0.15, 0.2) is 11.2 Å². The number of esters is 1. The number of ether oxygens (including phenoxy) is 1. The van der Waals surface area contributed by atoms with Gasteiger partial charge in [0, 0.05) is 29.2 Å². The number of aliphatic carboxylic acids is 1. The number of amides is 2. The second-order valence-electron chi connectivity index (χ2n) is 8.85. The van der Waals surface area contributed by atoms with Crippen LogP contribution in [0.3, 0.4) is 0 Å². The Bertz CT molecular complexity index is 1530. The molecule has 0 aliphatic rings. The van der Waals surface area contributed by atoms with E-state index in [1.807, 2.05) is 0 Å². The molecule has 2 unspecified atom stereocenters. The molecule has 0 aliphatic heterocycles. The number of hydrogen-bond acceptors (Lipinski definition) is 12. The first kappa shape index (κ1) is 31.5. The van der Waals surface area contributed by atoms with Gasteiger partial charge in [0.05, 0.1) is 25.5 Å². The molecule has 1 aromatic carbocycles. The monoisotopic (exact) mass is 598 g/mol. The third-order valence-corrected chi connectivity index (χ3v) is 6.95. The lowest BCUT2D eigenvalue weighted by Crippen LogP contribution is -2.55. The molecule has 2 heterocycles. The van der Waals surface area contributed by atoms with Gasteiger partial charge in [-0.2, -0.15) is 16.7 Å². The van der Waals surface area contributed by atoms with Gasteiger partial charge >= 0.3 is 11.9 Å². The van der Waals surface area contributed by atoms with Crippen LogP contribution in [0.2, 0.25) is 0 Å². The number of primary amides is 1. The molecule has 16 heteroatoms. The minimum atomic E-state index is -1.53. The topological polar surface area (TPSA) is 237 Å². The van der Waals surface area contributed by atoms with Gasteiger partial charge in [-0.3, -0.25) is 19.4 Å². The number of nitrogen functional groups attached to an aromatic ring is 1. The highest BCUT2D eigenvalue weighted by Gasteiger charge is 2.39. The number of carboxylic acids is 1. The van der Waals surface area contributed by atoms with Crippen molar-refractivity contribution in [2.75, 3.05) is 29.7 Å². The Balaban J connectivity index is 1.86. The van der Waals surface area contributed by atoms with E-state index in [9.17, 15) is 29.1 Å². The quantitative estimate of drug-likeness (QED) is 0.0912. The van der Waals surface area contributed by atoms with Crippen LogP contribution in [0.1, 0.15) is 28.9 Å². The Morgan fingerprint density at radius 3 is 2.55 bits per heavy atom. The second-order valence-corrected chi connectivity index (χ2v) is 9.93. The summed E-state index contributed by atoms with van der Waals surface area (Å²) >= 11 is 1.26. The summed E-state index contributed by atoms with van der Waals surface area (Å²) in [6.07, 6.45) is 2.43. The van der Waals surface area contributed by atoms with Crippen LogP contribution in [0.4, 0.5) is 11.6 Å². The van der Waals surface area contributed by atoms with E-state index in [1.165, 1.54) is 30.1 Å². The van der Waals surface area contributed by atoms with E-state index in [4.69, 9.17) is 16.2 Å².